The van der Waals surface area contributed by atoms with Crippen LogP contribution in [0.1, 0.15) is 0 Å². The number of thiol groups is 1. The second kappa shape index (κ2) is 2.52. The van der Waals surface area contributed by atoms with Crippen LogP contribution in [-0.2, 0) is 4.79 Å². The molecule has 0 unspecified atom stereocenters. The summed E-state index contributed by atoms with van der Waals surface area (Å²) >= 11 is 3.46. The van der Waals surface area contributed by atoms with Crippen molar-refractivity contribution in [2.24, 2.45) is 5.73 Å². The van der Waals surface area contributed by atoms with Crippen molar-refractivity contribution in [2.75, 3.05) is 0 Å². The zero-order chi connectivity index (χ0) is 5.86. The maximum Gasteiger partial charge on any atom is 0.343 e. The molecule has 0 aliphatic carbocycles. The van der Waals surface area contributed by atoms with Crippen molar-refractivity contribution < 1.29 is 9.90 Å². The van der Waals surface area contributed by atoms with Gasteiger partial charge in [0.1, 0.15) is 4.91 Å². The number of rotatable bonds is 1. The molecule has 0 aromatic rings. The van der Waals surface area contributed by atoms with Crippen molar-refractivity contribution in [3.05, 3.63) is 11.1 Å². The van der Waals surface area contributed by atoms with E-state index in [2.05, 4.69) is 12.6 Å². The van der Waals surface area contributed by atoms with Crippen molar-refractivity contribution in [1.82, 2.24) is 0 Å². The molecule has 0 atom stereocenters. The fraction of sp³-hybridized carbons (Fsp3) is 0. The summed E-state index contributed by atoms with van der Waals surface area (Å²) in [7, 11) is 0. The number of hydrogen-bond donors (Lipinski definition) is 3. The molecule has 0 radical (unpaired) electrons. The van der Waals surface area contributed by atoms with Crippen LogP contribution < -0.4 is 5.73 Å². The first-order valence-electron chi connectivity index (χ1n) is 1.52. The largest absolute Gasteiger partial charge is 0.477 e. The van der Waals surface area contributed by atoms with E-state index < -0.39 is 5.97 Å². The highest BCUT2D eigenvalue weighted by atomic mass is 32.1. The molecule has 0 amide bonds. The smallest absolute Gasteiger partial charge is 0.343 e. The van der Waals surface area contributed by atoms with Crippen LogP contribution in [0.15, 0.2) is 11.1 Å². The van der Waals surface area contributed by atoms with Gasteiger partial charge in [0.05, 0.1) is 0 Å². The monoisotopic (exact) mass is 119 g/mol. The highest BCUT2D eigenvalue weighted by molar-refractivity contribution is 7.85. The third-order valence-electron chi connectivity index (χ3n) is 0.377. The first-order chi connectivity index (χ1) is 3.18. The minimum atomic E-state index is -1.11. The second-order valence-electron chi connectivity index (χ2n) is 0.857. The third-order valence-corrected chi connectivity index (χ3v) is 0.717. The number of carboxylic acid groups (broad SMARTS) is 1. The first-order valence-corrected chi connectivity index (χ1v) is 1.97. The maximum atomic E-state index is 9.71. The standard InChI is InChI=1S/C3H5NO2S/c4-1-2(7)3(5)6/h1,7H,4H2,(H,5,6)/b2-1-. The van der Waals surface area contributed by atoms with Crippen LogP contribution in [-0.4, -0.2) is 11.1 Å². The Bertz CT molecular complexity index is 110. The van der Waals surface area contributed by atoms with Crippen LogP contribution in [0.2, 0.25) is 0 Å². The van der Waals surface area contributed by atoms with Crippen molar-refractivity contribution in [2.45, 2.75) is 0 Å². The van der Waals surface area contributed by atoms with Gasteiger partial charge in [0.25, 0.3) is 0 Å². The Hall–Kier alpha value is -0.640. The lowest BCUT2D eigenvalue weighted by Gasteiger charge is -1.82. The summed E-state index contributed by atoms with van der Waals surface area (Å²) in [4.78, 5) is 9.57. The Morgan fingerprint density at radius 1 is 1.86 bits per heavy atom. The van der Waals surface area contributed by atoms with E-state index in [1.165, 1.54) is 0 Å². The topological polar surface area (TPSA) is 63.3 Å². The lowest BCUT2D eigenvalue weighted by Crippen LogP contribution is -1.96. The van der Waals surface area contributed by atoms with Crippen LogP contribution in [0.3, 0.4) is 0 Å². The molecule has 0 aromatic heterocycles. The van der Waals surface area contributed by atoms with Crippen LogP contribution in [0, 0.1) is 0 Å². The van der Waals surface area contributed by atoms with Gasteiger partial charge < -0.3 is 10.8 Å². The second-order valence-corrected chi connectivity index (χ2v) is 1.34. The van der Waals surface area contributed by atoms with E-state index in [1.807, 2.05) is 0 Å². The lowest BCUT2D eigenvalue weighted by atomic mass is 10.6. The number of carboxylic acids is 1. The van der Waals surface area contributed by atoms with Gasteiger partial charge in [-0.2, -0.15) is 0 Å². The van der Waals surface area contributed by atoms with Gasteiger partial charge in [-0.15, -0.1) is 12.6 Å². The lowest BCUT2D eigenvalue weighted by molar-refractivity contribution is -0.131. The molecule has 40 valence electrons. The fourth-order valence-corrected chi connectivity index (χ4v) is 0.0713. The maximum absolute atomic E-state index is 9.71. The van der Waals surface area contributed by atoms with E-state index in [-0.39, 0.29) is 4.91 Å². The van der Waals surface area contributed by atoms with E-state index in [4.69, 9.17) is 10.8 Å². The molecule has 0 spiro atoms. The van der Waals surface area contributed by atoms with Gasteiger partial charge in [-0.25, -0.2) is 4.79 Å². The van der Waals surface area contributed by atoms with Gasteiger partial charge in [-0.05, 0) is 0 Å². The van der Waals surface area contributed by atoms with E-state index in [0.29, 0.717) is 0 Å². The molecule has 3 N–H and O–H groups in total. The summed E-state index contributed by atoms with van der Waals surface area (Å²) < 4.78 is 0. The summed E-state index contributed by atoms with van der Waals surface area (Å²) in [6, 6.07) is 0. The zero-order valence-electron chi connectivity index (χ0n) is 3.46. The van der Waals surface area contributed by atoms with Crippen LogP contribution in [0.5, 0.6) is 0 Å². The van der Waals surface area contributed by atoms with Gasteiger partial charge in [-0.3, -0.25) is 0 Å². The zero-order valence-corrected chi connectivity index (χ0v) is 4.35. The average Bonchev–Trinajstić information content (AvgIpc) is 1.65. The Kier molecular flexibility index (Phi) is 2.29. The molecule has 0 saturated carbocycles. The quantitative estimate of drug-likeness (QED) is 0.331. The minimum absolute atomic E-state index is 0.139. The molecular formula is C3H5NO2S. The molecule has 0 aliphatic heterocycles. The summed E-state index contributed by atoms with van der Waals surface area (Å²) in [5.74, 6) is -1.11. The van der Waals surface area contributed by atoms with Crippen LogP contribution >= 0.6 is 12.6 Å². The van der Waals surface area contributed by atoms with E-state index in [0.717, 1.165) is 6.20 Å². The van der Waals surface area contributed by atoms with E-state index >= 15 is 0 Å². The first kappa shape index (κ1) is 6.36. The summed E-state index contributed by atoms with van der Waals surface area (Å²) in [5.41, 5.74) is 4.75. The summed E-state index contributed by atoms with van der Waals surface area (Å²) in [6.07, 6.45) is 0.922. The predicted molar refractivity (Wildman–Crippen MR) is 28.9 cm³/mol. The Morgan fingerprint density at radius 2 is 2.29 bits per heavy atom. The van der Waals surface area contributed by atoms with Crippen LogP contribution in [0.25, 0.3) is 0 Å². The minimum Gasteiger partial charge on any atom is -0.477 e. The SMILES string of the molecule is N/C=C(\S)C(=O)O. The van der Waals surface area contributed by atoms with Crippen molar-refractivity contribution in [3.8, 4) is 0 Å². The normalized spacial score (nSPS) is 11.3. The Balaban J connectivity index is 3.82. The Labute approximate surface area is 46.2 Å². The molecule has 3 nitrogen and oxygen atoms in total. The molecule has 0 bridgehead atoms. The number of aliphatic carboxylic acids is 1. The van der Waals surface area contributed by atoms with Gasteiger partial charge in [0.15, 0.2) is 0 Å². The van der Waals surface area contributed by atoms with E-state index in [1.54, 1.807) is 0 Å². The van der Waals surface area contributed by atoms with Gasteiger partial charge >= 0.3 is 5.97 Å². The number of carbonyl (C=O) groups is 1. The fourth-order valence-electron chi connectivity index (χ4n) is 0.0713. The van der Waals surface area contributed by atoms with Crippen molar-refractivity contribution in [3.63, 3.8) is 0 Å². The predicted octanol–water partition coefficient (Wildman–Crippen LogP) is -0.199. The Morgan fingerprint density at radius 3 is 2.29 bits per heavy atom. The molecule has 0 aromatic carbocycles. The third kappa shape index (κ3) is 2.11. The van der Waals surface area contributed by atoms with Gasteiger partial charge in [0, 0.05) is 6.20 Å². The molecule has 7 heavy (non-hydrogen) atoms. The molecular weight excluding hydrogens is 114 g/mol. The molecule has 0 aliphatic rings. The highest BCUT2D eigenvalue weighted by Crippen LogP contribution is 1.94. The summed E-state index contributed by atoms with van der Waals surface area (Å²) in [5, 5.41) is 7.96. The summed E-state index contributed by atoms with van der Waals surface area (Å²) in [6.45, 7) is 0. The molecule has 0 rings (SSSR count). The van der Waals surface area contributed by atoms with Crippen molar-refractivity contribution in [1.29, 1.82) is 0 Å². The molecule has 0 fully saturated rings. The highest BCUT2D eigenvalue weighted by Gasteiger charge is 1.95. The van der Waals surface area contributed by atoms with Crippen LogP contribution in [0.4, 0.5) is 0 Å². The van der Waals surface area contributed by atoms with Gasteiger partial charge in [-0.1, -0.05) is 0 Å². The molecule has 0 heterocycles. The van der Waals surface area contributed by atoms with E-state index in [9.17, 15) is 4.79 Å². The number of nitrogens with two attached hydrogens (primary N) is 1. The average molecular weight is 119 g/mol. The number of hydrogen-bond acceptors (Lipinski definition) is 3. The van der Waals surface area contributed by atoms with Gasteiger partial charge in [0.2, 0.25) is 0 Å². The van der Waals surface area contributed by atoms with Crippen molar-refractivity contribution >= 4 is 18.6 Å². The molecule has 0 saturated heterocycles. The molecule has 4 heteroatoms.